The number of aromatic nitrogens is 1. The molecule has 26 heavy (non-hydrogen) atoms. The lowest BCUT2D eigenvalue weighted by atomic mass is 10.1. The van der Waals surface area contributed by atoms with Gasteiger partial charge in [-0.3, -0.25) is 10.1 Å². The summed E-state index contributed by atoms with van der Waals surface area (Å²) >= 11 is 0. The largest absolute Gasteiger partial charge is 0.482 e. The molecule has 8 heteroatoms. The first-order valence-corrected chi connectivity index (χ1v) is 7.61. The number of carboxylic acid groups (broad SMARTS) is 1. The van der Waals surface area contributed by atoms with Crippen LogP contribution in [0.25, 0.3) is 11.3 Å². The van der Waals surface area contributed by atoms with Gasteiger partial charge in [-0.1, -0.05) is 35.0 Å². The fourth-order valence-corrected chi connectivity index (χ4v) is 2.29. The van der Waals surface area contributed by atoms with Crippen LogP contribution in [0.15, 0.2) is 53.1 Å². The summed E-state index contributed by atoms with van der Waals surface area (Å²) in [5.41, 5.74) is 1.80. The number of aromatic carboxylic acids is 1. The molecule has 2 aromatic carbocycles. The summed E-state index contributed by atoms with van der Waals surface area (Å²) in [7, 11) is 0. The fraction of sp³-hybridized carbons (Fsp3) is 0.111. The Morgan fingerprint density at radius 2 is 1.96 bits per heavy atom. The van der Waals surface area contributed by atoms with Crippen molar-refractivity contribution in [2.75, 3.05) is 0 Å². The topological polar surface area (TPSA) is 116 Å². The number of nitrogens with zero attached hydrogens (tertiary/aromatic N) is 2. The van der Waals surface area contributed by atoms with Gasteiger partial charge in [0.2, 0.25) is 0 Å². The van der Waals surface area contributed by atoms with E-state index in [1.165, 1.54) is 18.2 Å². The van der Waals surface area contributed by atoms with Gasteiger partial charge in [0.15, 0.2) is 17.2 Å². The summed E-state index contributed by atoms with van der Waals surface area (Å²) in [5, 5.41) is 23.6. The Bertz CT molecular complexity index is 962. The zero-order chi connectivity index (χ0) is 18.7. The third kappa shape index (κ3) is 3.69. The van der Waals surface area contributed by atoms with E-state index in [9.17, 15) is 14.9 Å². The second-order valence-corrected chi connectivity index (χ2v) is 5.60. The normalized spacial score (nSPS) is 10.5. The zero-order valence-electron chi connectivity index (χ0n) is 13.7. The van der Waals surface area contributed by atoms with Gasteiger partial charge in [-0.15, -0.1) is 0 Å². The molecule has 0 radical (unpaired) electrons. The molecule has 0 aliphatic heterocycles. The lowest BCUT2D eigenvalue weighted by Crippen LogP contribution is -1.99. The molecule has 132 valence electrons. The number of aryl methyl sites for hydroxylation is 1. The van der Waals surface area contributed by atoms with Gasteiger partial charge >= 0.3 is 11.7 Å². The molecule has 0 fully saturated rings. The van der Waals surface area contributed by atoms with Crippen LogP contribution in [0.3, 0.4) is 0 Å². The van der Waals surface area contributed by atoms with E-state index in [2.05, 4.69) is 5.16 Å². The maximum absolute atomic E-state index is 11.4. The Labute approximate surface area is 147 Å². The summed E-state index contributed by atoms with van der Waals surface area (Å²) in [6.07, 6.45) is 0. The van der Waals surface area contributed by atoms with E-state index in [1.54, 1.807) is 6.07 Å². The number of hydrogen-bond acceptors (Lipinski definition) is 6. The van der Waals surface area contributed by atoms with E-state index in [0.29, 0.717) is 5.56 Å². The second kappa shape index (κ2) is 7.06. The quantitative estimate of drug-likeness (QED) is 0.528. The molecular weight excluding hydrogens is 340 g/mol. The van der Waals surface area contributed by atoms with Crippen molar-refractivity contribution in [1.82, 2.24) is 5.16 Å². The van der Waals surface area contributed by atoms with Gasteiger partial charge in [-0.2, -0.15) is 0 Å². The molecule has 0 aliphatic rings. The number of carboxylic acids is 1. The van der Waals surface area contributed by atoms with Crippen LogP contribution < -0.4 is 4.74 Å². The molecule has 1 heterocycles. The Morgan fingerprint density at radius 3 is 2.58 bits per heavy atom. The van der Waals surface area contributed by atoms with Crippen LogP contribution in [0.2, 0.25) is 0 Å². The predicted molar refractivity (Wildman–Crippen MR) is 91.1 cm³/mol. The van der Waals surface area contributed by atoms with Gasteiger partial charge in [0, 0.05) is 17.7 Å². The number of nitro benzene ring substituents is 1. The molecule has 1 aromatic heterocycles. The van der Waals surface area contributed by atoms with Crippen molar-refractivity contribution in [3.8, 4) is 17.1 Å². The van der Waals surface area contributed by atoms with Gasteiger partial charge in [-0.05, 0) is 24.6 Å². The molecule has 0 amide bonds. The summed E-state index contributed by atoms with van der Waals surface area (Å²) in [6, 6.07) is 13.1. The minimum absolute atomic E-state index is 0.109. The molecule has 0 bridgehead atoms. The molecule has 3 rings (SSSR count). The maximum atomic E-state index is 11.4. The van der Waals surface area contributed by atoms with Gasteiger partial charge in [0.05, 0.1) is 4.92 Å². The van der Waals surface area contributed by atoms with E-state index in [1.807, 2.05) is 31.2 Å². The van der Waals surface area contributed by atoms with Gasteiger partial charge < -0.3 is 14.4 Å². The van der Waals surface area contributed by atoms with E-state index in [4.69, 9.17) is 14.4 Å². The minimum atomic E-state index is -1.24. The standard InChI is InChI=1S/C18H14N2O6/c1-11-2-4-12(5-3-11)10-25-16-7-6-13(8-15(16)20(23)24)17-9-14(18(21)22)19-26-17/h2-9H,10H2,1H3,(H,21,22). The third-order valence-corrected chi connectivity index (χ3v) is 3.68. The van der Waals surface area contributed by atoms with Crippen molar-refractivity contribution in [2.45, 2.75) is 13.5 Å². The van der Waals surface area contributed by atoms with Crippen LogP contribution >= 0.6 is 0 Å². The zero-order valence-corrected chi connectivity index (χ0v) is 13.7. The van der Waals surface area contributed by atoms with E-state index in [0.717, 1.165) is 11.1 Å². The summed E-state index contributed by atoms with van der Waals surface area (Å²) < 4.78 is 10.5. The molecule has 0 spiro atoms. The summed E-state index contributed by atoms with van der Waals surface area (Å²) in [6.45, 7) is 2.15. The monoisotopic (exact) mass is 354 g/mol. The highest BCUT2D eigenvalue weighted by atomic mass is 16.6. The highest BCUT2D eigenvalue weighted by Crippen LogP contribution is 2.33. The number of carbonyl (C=O) groups is 1. The third-order valence-electron chi connectivity index (χ3n) is 3.68. The molecule has 8 nitrogen and oxygen atoms in total. The first-order chi connectivity index (χ1) is 12.4. The van der Waals surface area contributed by atoms with Crippen molar-refractivity contribution in [3.63, 3.8) is 0 Å². The van der Waals surface area contributed by atoms with Crippen LogP contribution in [0.1, 0.15) is 21.6 Å². The minimum Gasteiger partial charge on any atom is -0.482 e. The predicted octanol–water partition coefficient (Wildman–Crippen LogP) is 3.84. The van der Waals surface area contributed by atoms with E-state index >= 15 is 0 Å². The van der Waals surface area contributed by atoms with Crippen molar-refractivity contribution in [3.05, 3.63) is 75.5 Å². The second-order valence-electron chi connectivity index (χ2n) is 5.60. The number of benzene rings is 2. The molecule has 3 aromatic rings. The SMILES string of the molecule is Cc1ccc(COc2ccc(-c3cc(C(=O)O)no3)cc2[N+](=O)[O-])cc1. The van der Waals surface area contributed by atoms with Crippen LogP contribution in [-0.2, 0) is 6.61 Å². The molecule has 0 atom stereocenters. The molecule has 0 saturated heterocycles. The van der Waals surface area contributed by atoms with E-state index < -0.39 is 10.9 Å². The van der Waals surface area contributed by atoms with Crippen molar-refractivity contribution >= 4 is 11.7 Å². The Hall–Kier alpha value is -3.68. The smallest absolute Gasteiger partial charge is 0.358 e. The number of ether oxygens (including phenoxy) is 1. The highest BCUT2D eigenvalue weighted by molar-refractivity contribution is 5.86. The van der Waals surface area contributed by atoms with Crippen LogP contribution in [0.5, 0.6) is 5.75 Å². The summed E-state index contributed by atoms with van der Waals surface area (Å²) in [4.78, 5) is 21.7. The molecule has 0 aliphatic carbocycles. The van der Waals surface area contributed by atoms with Gasteiger partial charge in [0.25, 0.3) is 0 Å². The number of hydrogen-bond donors (Lipinski definition) is 1. The lowest BCUT2D eigenvalue weighted by molar-refractivity contribution is -0.385. The molecule has 0 unspecified atom stereocenters. The average Bonchev–Trinajstić information content (AvgIpc) is 3.11. The first-order valence-electron chi connectivity index (χ1n) is 7.61. The first kappa shape index (κ1) is 17.2. The average molecular weight is 354 g/mol. The molecule has 0 saturated carbocycles. The Kier molecular flexibility index (Phi) is 4.66. The van der Waals surface area contributed by atoms with Crippen LogP contribution in [0.4, 0.5) is 5.69 Å². The highest BCUT2D eigenvalue weighted by Gasteiger charge is 2.19. The molecule has 1 N–H and O–H groups in total. The summed E-state index contributed by atoms with van der Waals surface area (Å²) in [5.74, 6) is -1.01. The van der Waals surface area contributed by atoms with Gasteiger partial charge in [0.1, 0.15) is 6.61 Å². The van der Waals surface area contributed by atoms with Crippen molar-refractivity contribution in [2.24, 2.45) is 0 Å². The van der Waals surface area contributed by atoms with Gasteiger partial charge in [-0.25, -0.2) is 4.79 Å². The van der Waals surface area contributed by atoms with Crippen LogP contribution in [-0.4, -0.2) is 21.2 Å². The molecular formula is C18H14N2O6. The van der Waals surface area contributed by atoms with Crippen molar-refractivity contribution in [1.29, 1.82) is 0 Å². The number of nitro groups is 1. The Morgan fingerprint density at radius 1 is 1.23 bits per heavy atom. The lowest BCUT2D eigenvalue weighted by Gasteiger charge is -2.08. The number of rotatable bonds is 6. The Balaban J connectivity index is 1.85. The maximum Gasteiger partial charge on any atom is 0.358 e. The fourth-order valence-electron chi connectivity index (χ4n) is 2.29. The van der Waals surface area contributed by atoms with Crippen LogP contribution in [0, 0.1) is 17.0 Å². The van der Waals surface area contributed by atoms with Crippen molar-refractivity contribution < 1.29 is 24.1 Å². The van der Waals surface area contributed by atoms with E-state index in [-0.39, 0.29) is 29.5 Å².